The van der Waals surface area contributed by atoms with Crippen molar-refractivity contribution in [2.75, 3.05) is 13.7 Å². The van der Waals surface area contributed by atoms with E-state index in [4.69, 9.17) is 10.5 Å². The molecule has 0 aliphatic rings. The number of carbonyl (C=O) groups excluding carboxylic acids is 1. The highest BCUT2D eigenvalue weighted by Crippen LogP contribution is 2.11. The van der Waals surface area contributed by atoms with Crippen molar-refractivity contribution in [2.24, 2.45) is 5.73 Å². The highest BCUT2D eigenvalue weighted by Gasteiger charge is 2.27. The first-order chi connectivity index (χ1) is 6.42. The van der Waals surface area contributed by atoms with E-state index in [1.165, 1.54) is 0 Å². The maximum atomic E-state index is 11.1. The first-order valence-corrected chi connectivity index (χ1v) is 5.03. The minimum absolute atomic E-state index is 0.240. The molecule has 0 bridgehead atoms. The predicted molar refractivity (Wildman–Crippen MR) is 57.0 cm³/mol. The molecule has 1 unspecified atom stereocenters. The van der Waals surface area contributed by atoms with E-state index >= 15 is 0 Å². The normalized spacial score (nSPS) is 15.5. The van der Waals surface area contributed by atoms with Crippen molar-refractivity contribution >= 4 is 5.91 Å². The lowest BCUT2D eigenvalue weighted by molar-refractivity contribution is -0.124. The van der Waals surface area contributed by atoms with Crippen LogP contribution in [0.4, 0.5) is 0 Å². The fraction of sp³-hybridized carbons (Fsp3) is 0.900. The second-order valence-electron chi connectivity index (χ2n) is 3.97. The quantitative estimate of drug-likeness (QED) is 0.596. The van der Waals surface area contributed by atoms with E-state index < -0.39 is 5.54 Å². The van der Waals surface area contributed by atoms with E-state index in [0.717, 1.165) is 6.42 Å². The molecular formula is C10H22N2O2. The van der Waals surface area contributed by atoms with Crippen LogP contribution in [0, 0.1) is 0 Å². The van der Waals surface area contributed by atoms with Gasteiger partial charge in [-0.25, -0.2) is 0 Å². The summed E-state index contributed by atoms with van der Waals surface area (Å²) in [4.78, 5) is 11.1. The Kier molecular flexibility index (Phi) is 5.72. The maximum Gasteiger partial charge on any atom is 0.237 e. The van der Waals surface area contributed by atoms with Crippen molar-refractivity contribution in [2.45, 2.75) is 45.3 Å². The Morgan fingerprint density at radius 1 is 1.57 bits per heavy atom. The highest BCUT2D eigenvalue weighted by atomic mass is 16.5. The summed E-state index contributed by atoms with van der Waals surface area (Å²) in [6.45, 7) is 6.46. The van der Waals surface area contributed by atoms with Crippen LogP contribution in [0.3, 0.4) is 0 Å². The van der Waals surface area contributed by atoms with Crippen LogP contribution in [-0.4, -0.2) is 31.2 Å². The number of rotatable bonds is 7. The minimum Gasteiger partial charge on any atom is -0.379 e. The standard InChI is InChI=1S/C10H22N2O2/c1-8(2)14-7-5-6-10(3,12-4)9(11)13/h8,12H,5-7H2,1-4H3,(H2,11,13). The van der Waals surface area contributed by atoms with E-state index in [-0.39, 0.29) is 12.0 Å². The van der Waals surface area contributed by atoms with Crippen molar-refractivity contribution in [3.63, 3.8) is 0 Å². The summed E-state index contributed by atoms with van der Waals surface area (Å²) in [5.41, 5.74) is 4.67. The Morgan fingerprint density at radius 2 is 2.14 bits per heavy atom. The average molecular weight is 202 g/mol. The number of likely N-dealkylation sites (N-methyl/N-ethyl adjacent to an activating group) is 1. The molecule has 0 fully saturated rings. The molecule has 0 aliphatic carbocycles. The van der Waals surface area contributed by atoms with Gasteiger partial charge in [0, 0.05) is 6.61 Å². The fourth-order valence-corrected chi connectivity index (χ4v) is 1.12. The molecule has 0 aromatic carbocycles. The first-order valence-electron chi connectivity index (χ1n) is 5.03. The molecule has 14 heavy (non-hydrogen) atoms. The highest BCUT2D eigenvalue weighted by molar-refractivity contribution is 5.84. The van der Waals surface area contributed by atoms with Gasteiger partial charge in [0.15, 0.2) is 0 Å². The lowest BCUT2D eigenvalue weighted by Gasteiger charge is -2.25. The number of carbonyl (C=O) groups is 1. The molecule has 0 aliphatic heterocycles. The Bertz CT molecular complexity index is 183. The molecule has 4 nitrogen and oxygen atoms in total. The van der Waals surface area contributed by atoms with Gasteiger partial charge < -0.3 is 15.8 Å². The molecule has 0 saturated carbocycles. The van der Waals surface area contributed by atoms with Gasteiger partial charge in [-0.05, 0) is 40.7 Å². The first kappa shape index (κ1) is 13.4. The average Bonchev–Trinajstić information content (AvgIpc) is 2.11. The Balaban J connectivity index is 3.79. The summed E-state index contributed by atoms with van der Waals surface area (Å²) in [6, 6.07) is 0. The molecule has 1 atom stereocenters. The summed E-state index contributed by atoms with van der Waals surface area (Å²) in [6.07, 6.45) is 1.77. The van der Waals surface area contributed by atoms with E-state index in [2.05, 4.69) is 5.32 Å². The number of hydrogen-bond acceptors (Lipinski definition) is 3. The second kappa shape index (κ2) is 5.98. The number of nitrogens with one attached hydrogen (secondary N) is 1. The Hall–Kier alpha value is -0.610. The van der Waals surface area contributed by atoms with E-state index in [0.29, 0.717) is 13.0 Å². The topological polar surface area (TPSA) is 64.3 Å². The monoisotopic (exact) mass is 202 g/mol. The van der Waals surface area contributed by atoms with Crippen LogP contribution >= 0.6 is 0 Å². The van der Waals surface area contributed by atoms with Crippen LogP contribution in [0.25, 0.3) is 0 Å². The molecule has 0 aromatic heterocycles. The number of amides is 1. The van der Waals surface area contributed by atoms with Gasteiger partial charge in [-0.15, -0.1) is 0 Å². The lowest BCUT2D eigenvalue weighted by atomic mass is 9.95. The zero-order valence-electron chi connectivity index (χ0n) is 9.59. The number of primary amides is 1. The van der Waals surface area contributed by atoms with Gasteiger partial charge in [0.1, 0.15) is 0 Å². The molecule has 0 aromatic rings. The maximum absolute atomic E-state index is 11.1. The number of hydrogen-bond donors (Lipinski definition) is 2. The summed E-state index contributed by atoms with van der Waals surface area (Å²) >= 11 is 0. The van der Waals surface area contributed by atoms with Gasteiger partial charge in [0.2, 0.25) is 5.91 Å². The van der Waals surface area contributed by atoms with Crippen molar-refractivity contribution < 1.29 is 9.53 Å². The second-order valence-corrected chi connectivity index (χ2v) is 3.97. The SMILES string of the molecule is CNC(C)(CCCOC(C)C)C(N)=O. The molecule has 1 amide bonds. The number of nitrogens with two attached hydrogens (primary N) is 1. The van der Waals surface area contributed by atoms with E-state index in [9.17, 15) is 4.79 Å². The van der Waals surface area contributed by atoms with Crippen molar-refractivity contribution in [3.05, 3.63) is 0 Å². The molecular weight excluding hydrogens is 180 g/mol. The van der Waals surface area contributed by atoms with Crippen LogP contribution in [0.15, 0.2) is 0 Å². The largest absolute Gasteiger partial charge is 0.379 e. The van der Waals surface area contributed by atoms with Crippen molar-refractivity contribution in [1.82, 2.24) is 5.32 Å². The van der Waals surface area contributed by atoms with Crippen LogP contribution in [0.2, 0.25) is 0 Å². The summed E-state index contributed by atoms with van der Waals surface area (Å²) in [7, 11) is 1.74. The summed E-state index contributed by atoms with van der Waals surface area (Å²) in [5, 5.41) is 2.94. The number of ether oxygens (including phenoxy) is 1. The Labute approximate surface area is 86.2 Å². The molecule has 3 N–H and O–H groups in total. The third-order valence-corrected chi connectivity index (χ3v) is 2.37. The molecule has 0 heterocycles. The van der Waals surface area contributed by atoms with Gasteiger partial charge in [0.05, 0.1) is 11.6 Å². The molecule has 0 radical (unpaired) electrons. The van der Waals surface area contributed by atoms with Crippen LogP contribution in [-0.2, 0) is 9.53 Å². The van der Waals surface area contributed by atoms with Crippen LogP contribution in [0.5, 0.6) is 0 Å². The zero-order valence-corrected chi connectivity index (χ0v) is 9.59. The smallest absolute Gasteiger partial charge is 0.237 e. The molecule has 0 spiro atoms. The predicted octanol–water partition coefficient (Wildman–Crippen LogP) is 0.655. The van der Waals surface area contributed by atoms with Gasteiger partial charge in [-0.1, -0.05) is 0 Å². The lowest BCUT2D eigenvalue weighted by Crippen LogP contribution is -2.51. The van der Waals surface area contributed by atoms with Gasteiger partial charge in [0.25, 0.3) is 0 Å². The molecule has 0 saturated heterocycles. The van der Waals surface area contributed by atoms with Crippen LogP contribution in [0.1, 0.15) is 33.6 Å². The van der Waals surface area contributed by atoms with Crippen LogP contribution < -0.4 is 11.1 Å². The Morgan fingerprint density at radius 3 is 2.50 bits per heavy atom. The van der Waals surface area contributed by atoms with Gasteiger partial charge >= 0.3 is 0 Å². The van der Waals surface area contributed by atoms with E-state index in [1.807, 2.05) is 20.8 Å². The van der Waals surface area contributed by atoms with Gasteiger partial charge in [-0.2, -0.15) is 0 Å². The molecule has 4 heteroatoms. The van der Waals surface area contributed by atoms with Gasteiger partial charge in [-0.3, -0.25) is 4.79 Å². The summed E-state index contributed by atoms with van der Waals surface area (Å²) in [5.74, 6) is -0.315. The minimum atomic E-state index is -0.611. The fourth-order valence-electron chi connectivity index (χ4n) is 1.12. The van der Waals surface area contributed by atoms with Crippen molar-refractivity contribution in [3.8, 4) is 0 Å². The molecule has 84 valence electrons. The van der Waals surface area contributed by atoms with Crippen molar-refractivity contribution in [1.29, 1.82) is 0 Å². The molecule has 0 rings (SSSR count). The summed E-state index contributed by atoms with van der Waals surface area (Å²) < 4.78 is 5.38. The zero-order chi connectivity index (χ0) is 11.2. The third-order valence-electron chi connectivity index (χ3n) is 2.37. The van der Waals surface area contributed by atoms with E-state index in [1.54, 1.807) is 7.05 Å². The third kappa shape index (κ3) is 4.58.